The van der Waals surface area contributed by atoms with Gasteiger partial charge in [-0.1, -0.05) is 19.9 Å². The van der Waals surface area contributed by atoms with Crippen molar-refractivity contribution in [2.24, 2.45) is 5.92 Å². The van der Waals surface area contributed by atoms with Crippen molar-refractivity contribution in [3.63, 3.8) is 0 Å². The molecule has 0 aliphatic rings. The van der Waals surface area contributed by atoms with Gasteiger partial charge in [-0.3, -0.25) is 0 Å². The first kappa shape index (κ1) is 12.1. The van der Waals surface area contributed by atoms with Crippen molar-refractivity contribution in [3.8, 4) is 11.8 Å². The average molecular weight is 268 g/mol. The number of nitrogens with zero attached hydrogens (tertiary/aromatic N) is 1. The third-order valence-electron chi connectivity index (χ3n) is 2.34. The molecule has 0 radical (unpaired) electrons. The van der Waals surface area contributed by atoms with Crippen LogP contribution in [0.2, 0.25) is 0 Å². The van der Waals surface area contributed by atoms with Crippen molar-refractivity contribution in [3.05, 3.63) is 28.2 Å². The van der Waals surface area contributed by atoms with Crippen LogP contribution < -0.4 is 4.74 Å². The van der Waals surface area contributed by atoms with E-state index >= 15 is 0 Å². The molecule has 0 aliphatic heterocycles. The SMILES string of the molecule is CC(C)C(C)Oc1cccc(Br)c1C#N. The van der Waals surface area contributed by atoms with Crippen LogP contribution in [-0.2, 0) is 0 Å². The van der Waals surface area contributed by atoms with Crippen LogP contribution >= 0.6 is 15.9 Å². The van der Waals surface area contributed by atoms with E-state index in [9.17, 15) is 0 Å². The van der Waals surface area contributed by atoms with Crippen LogP contribution in [0.1, 0.15) is 26.3 Å². The zero-order chi connectivity index (χ0) is 11.4. The molecule has 0 spiro atoms. The molecule has 1 rings (SSSR count). The van der Waals surface area contributed by atoms with Crippen LogP contribution in [0.3, 0.4) is 0 Å². The maximum absolute atomic E-state index is 8.99. The highest BCUT2D eigenvalue weighted by molar-refractivity contribution is 9.10. The van der Waals surface area contributed by atoms with Crippen LogP contribution in [0.25, 0.3) is 0 Å². The first-order chi connectivity index (χ1) is 7.06. The van der Waals surface area contributed by atoms with E-state index in [4.69, 9.17) is 10.00 Å². The van der Waals surface area contributed by atoms with Gasteiger partial charge in [0.05, 0.1) is 6.10 Å². The van der Waals surface area contributed by atoms with E-state index in [1.807, 2.05) is 25.1 Å². The van der Waals surface area contributed by atoms with E-state index in [1.54, 1.807) is 0 Å². The van der Waals surface area contributed by atoms with Crippen LogP contribution in [0, 0.1) is 17.2 Å². The summed E-state index contributed by atoms with van der Waals surface area (Å²) in [5, 5.41) is 8.99. The standard InChI is InChI=1S/C12H14BrNO/c1-8(2)9(3)15-12-6-4-5-11(13)10(12)7-14/h4-6,8-9H,1-3H3. The van der Waals surface area contributed by atoms with Crippen molar-refractivity contribution in [1.29, 1.82) is 5.26 Å². The van der Waals surface area contributed by atoms with Gasteiger partial charge in [0.25, 0.3) is 0 Å². The second-order valence-electron chi connectivity index (χ2n) is 3.79. The molecule has 1 atom stereocenters. The van der Waals surface area contributed by atoms with Gasteiger partial charge in [-0.15, -0.1) is 0 Å². The lowest BCUT2D eigenvalue weighted by Crippen LogP contribution is -2.19. The van der Waals surface area contributed by atoms with Crippen LogP contribution in [-0.4, -0.2) is 6.10 Å². The summed E-state index contributed by atoms with van der Waals surface area (Å²) in [6, 6.07) is 7.66. The number of hydrogen-bond donors (Lipinski definition) is 0. The van der Waals surface area contributed by atoms with Crippen molar-refractivity contribution < 1.29 is 4.74 Å². The normalized spacial score (nSPS) is 12.3. The lowest BCUT2D eigenvalue weighted by Gasteiger charge is -2.19. The topological polar surface area (TPSA) is 33.0 Å². The fourth-order valence-electron chi connectivity index (χ4n) is 1.05. The van der Waals surface area contributed by atoms with Gasteiger partial charge in [0, 0.05) is 4.47 Å². The molecule has 0 saturated heterocycles. The Hall–Kier alpha value is -1.01. The zero-order valence-electron chi connectivity index (χ0n) is 9.12. The second kappa shape index (κ2) is 5.18. The molecule has 0 amide bonds. The van der Waals surface area contributed by atoms with Gasteiger partial charge >= 0.3 is 0 Å². The van der Waals surface area contributed by atoms with Gasteiger partial charge in [-0.2, -0.15) is 5.26 Å². The minimum Gasteiger partial charge on any atom is -0.489 e. The monoisotopic (exact) mass is 267 g/mol. The van der Waals surface area contributed by atoms with Crippen molar-refractivity contribution in [1.82, 2.24) is 0 Å². The van der Waals surface area contributed by atoms with Crippen molar-refractivity contribution >= 4 is 15.9 Å². The number of nitriles is 1. The Bertz CT molecular complexity index is 382. The lowest BCUT2D eigenvalue weighted by atomic mass is 10.1. The van der Waals surface area contributed by atoms with Gasteiger partial charge in [0.15, 0.2) is 0 Å². The number of halogens is 1. The minimum absolute atomic E-state index is 0.103. The van der Waals surface area contributed by atoms with Gasteiger partial charge in [0.1, 0.15) is 17.4 Å². The van der Waals surface area contributed by atoms with Crippen molar-refractivity contribution in [2.75, 3.05) is 0 Å². The summed E-state index contributed by atoms with van der Waals surface area (Å²) in [6.45, 7) is 6.19. The second-order valence-corrected chi connectivity index (χ2v) is 4.65. The third kappa shape index (κ3) is 2.97. The molecule has 0 fully saturated rings. The Morgan fingerprint density at radius 3 is 2.53 bits per heavy atom. The molecule has 1 unspecified atom stereocenters. The minimum atomic E-state index is 0.103. The molecular formula is C12H14BrNO. The third-order valence-corrected chi connectivity index (χ3v) is 3.00. The van der Waals surface area contributed by atoms with E-state index in [0.717, 1.165) is 4.47 Å². The Kier molecular flexibility index (Phi) is 4.16. The van der Waals surface area contributed by atoms with Crippen LogP contribution in [0.5, 0.6) is 5.75 Å². The molecule has 0 aliphatic carbocycles. The Labute approximate surface area is 99.0 Å². The Balaban J connectivity index is 2.96. The lowest BCUT2D eigenvalue weighted by molar-refractivity contribution is 0.170. The molecule has 15 heavy (non-hydrogen) atoms. The summed E-state index contributed by atoms with van der Waals surface area (Å²) in [5.41, 5.74) is 0.560. The highest BCUT2D eigenvalue weighted by Crippen LogP contribution is 2.27. The van der Waals surface area contributed by atoms with Gasteiger partial charge < -0.3 is 4.74 Å². The summed E-state index contributed by atoms with van der Waals surface area (Å²) in [6.07, 6.45) is 0.103. The quantitative estimate of drug-likeness (QED) is 0.836. The Morgan fingerprint density at radius 1 is 1.33 bits per heavy atom. The molecule has 0 heterocycles. The number of benzene rings is 1. The molecule has 80 valence electrons. The van der Waals surface area contributed by atoms with Crippen LogP contribution in [0.15, 0.2) is 22.7 Å². The van der Waals surface area contributed by atoms with E-state index in [0.29, 0.717) is 17.2 Å². The molecule has 1 aromatic carbocycles. The van der Waals surface area contributed by atoms with Gasteiger partial charge in [0.2, 0.25) is 0 Å². The van der Waals surface area contributed by atoms with E-state index < -0.39 is 0 Å². The highest BCUT2D eigenvalue weighted by Gasteiger charge is 2.13. The molecule has 1 aromatic rings. The zero-order valence-corrected chi connectivity index (χ0v) is 10.7. The number of hydrogen-bond acceptors (Lipinski definition) is 2. The van der Waals surface area contributed by atoms with E-state index in [-0.39, 0.29) is 6.10 Å². The summed E-state index contributed by atoms with van der Waals surface area (Å²) < 4.78 is 6.50. The first-order valence-corrected chi connectivity index (χ1v) is 5.70. The van der Waals surface area contributed by atoms with E-state index in [1.165, 1.54) is 0 Å². The molecule has 0 saturated carbocycles. The molecule has 3 heteroatoms. The number of ether oxygens (including phenoxy) is 1. The highest BCUT2D eigenvalue weighted by atomic mass is 79.9. The molecule has 0 aromatic heterocycles. The molecular weight excluding hydrogens is 254 g/mol. The predicted molar refractivity (Wildman–Crippen MR) is 63.8 cm³/mol. The smallest absolute Gasteiger partial charge is 0.138 e. The summed E-state index contributed by atoms with van der Waals surface area (Å²) >= 11 is 3.33. The first-order valence-electron chi connectivity index (χ1n) is 4.91. The molecule has 2 nitrogen and oxygen atoms in total. The molecule has 0 N–H and O–H groups in total. The number of rotatable bonds is 3. The largest absolute Gasteiger partial charge is 0.489 e. The fourth-order valence-corrected chi connectivity index (χ4v) is 1.48. The summed E-state index contributed by atoms with van der Waals surface area (Å²) in [7, 11) is 0. The van der Waals surface area contributed by atoms with Crippen LogP contribution in [0.4, 0.5) is 0 Å². The van der Waals surface area contributed by atoms with Gasteiger partial charge in [-0.05, 0) is 40.9 Å². The van der Waals surface area contributed by atoms with Crippen molar-refractivity contribution in [2.45, 2.75) is 26.9 Å². The fraction of sp³-hybridized carbons (Fsp3) is 0.417. The Morgan fingerprint density at radius 2 is 2.00 bits per heavy atom. The summed E-state index contributed by atoms with van der Waals surface area (Å²) in [4.78, 5) is 0. The summed E-state index contributed by atoms with van der Waals surface area (Å²) in [5.74, 6) is 1.07. The maximum Gasteiger partial charge on any atom is 0.138 e. The average Bonchev–Trinajstić information content (AvgIpc) is 2.18. The van der Waals surface area contributed by atoms with Gasteiger partial charge in [-0.25, -0.2) is 0 Å². The molecule has 0 bridgehead atoms. The predicted octanol–water partition coefficient (Wildman–Crippen LogP) is 3.74. The van der Waals surface area contributed by atoms with E-state index in [2.05, 4.69) is 35.8 Å². The maximum atomic E-state index is 8.99.